The molecule has 1 aromatic heterocycles. The first kappa shape index (κ1) is 14.9. The molecule has 0 amide bonds. The number of esters is 1. The lowest BCUT2D eigenvalue weighted by Gasteiger charge is -2.20. The van der Waals surface area contributed by atoms with E-state index in [2.05, 4.69) is 0 Å². The minimum atomic E-state index is -0.568. The van der Waals surface area contributed by atoms with Gasteiger partial charge in [0.15, 0.2) is 11.9 Å². The summed E-state index contributed by atoms with van der Waals surface area (Å²) in [5.74, 6) is -0.331. The highest BCUT2D eigenvalue weighted by Gasteiger charge is 2.26. The molecule has 1 saturated carbocycles. The molecule has 3 aromatic rings. The molecule has 1 heterocycles. The highest BCUT2D eigenvalue weighted by atomic mass is 16.5. The number of rotatable bonds is 3. The lowest BCUT2D eigenvalue weighted by Crippen LogP contribution is -2.30. The van der Waals surface area contributed by atoms with Crippen molar-refractivity contribution in [2.75, 3.05) is 0 Å². The first-order valence-electron chi connectivity index (χ1n) is 8.32. The second kappa shape index (κ2) is 6.11. The Balaban J connectivity index is 1.61. The molecule has 0 N–H and O–H groups in total. The van der Waals surface area contributed by atoms with Crippen LogP contribution in [0.5, 0.6) is 0 Å². The third kappa shape index (κ3) is 2.68. The van der Waals surface area contributed by atoms with Crippen LogP contribution in [-0.2, 0) is 20.7 Å². The van der Waals surface area contributed by atoms with E-state index < -0.39 is 6.10 Å². The van der Waals surface area contributed by atoms with Gasteiger partial charge in [0, 0.05) is 17.4 Å². The minimum absolute atomic E-state index is 0.0390. The normalized spacial score (nSPS) is 18.2. The number of fused-ring (bicyclic) bond motifs is 3. The van der Waals surface area contributed by atoms with Gasteiger partial charge in [-0.2, -0.15) is 0 Å². The van der Waals surface area contributed by atoms with Crippen LogP contribution < -0.4 is 0 Å². The predicted octanol–water partition coefficient (Wildman–Crippen LogP) is 4.18. The number of ketones is 1. The van der Waals surface area contributed by atoms with Gasteiger partial charge in [0.2, 0.25) is 0 Å². The molecule has 2 aromatic carbocycles. The number of hydrogen-bond acceptors (Lipinski definition) is 4. The van der Waals surface area contributed by atoms with Crippen LogP contribution in [0.4, 0.5) is 0 Å². The SMILES string of the molecule is O=C(Cc1coc2ccc3ccccc3c12)O[C@H]1CCCCC1=O. The van der Waals surface area contributed by atoms with E-state index in [-0.39, 0.29) is 18.2 Å². The maximum Gasteiger partial charge on any atom is 0.311 e. The summed E-state index contributed by atoms with van der Waals surface area (Å²) in [5.41, 5.74) is 1.56. The van der Waals surface area contributed by atoms with Gasteiger partial charge in [-0.1, -0.05) is 30.3 Å². The van der Waals surface area contributed by atoms with Gasteiger partial charge < -0.3 is 9.15 Å². The van der Waals surface area contributed by atoms with E-state index in [4.69, 9.17) is 9.15 Å². The molecule has 1 fully saturated rings. The third-order valence-electron chi connectivity index (χ3n) is 4.65. The fourth-order valence-corrected chi connectivity index (χ4v) is 3.44. The van der Waals surface area contributed by atoms with Crippen molar-refractivity contribution in [1.82, 2.24) is 0 Å². The third-order valence-corrected chi connectivity index (χ3v) is 4.65. The largest absolute Gasteiger partial charge is 0.464 e. The lowest BCUT2D eigenvalue weighted by molar-refractivity contribution is -0.156. The summed E-state index contributed by atoms with van der Waals surface area (Å²) >= 11 is 0. The number of Topliss-reactive ketones (excluding diaryl/α,β-unsaturated/α-hetero) is 1. The maximum atomic E-state index is 12.3. The van der Waals surface area contributed by atoms with Crippen LogP contribution >= 0.6 is 0 Å². The highest BCUT2D eigenvalue weighted by molar-refractivity contribution is 6.08. The molecule has 1 aliphatic rings. The zero-order valence-corrected chi connectivity index (χ0v) is 13.3. The van der Waals surface area contributed by atoms with Crippen LogP contribution in [0.25, 0.3) is 21.7 Å². The molecule has 0 radical (unpaired) electrons. The summed E-state index contributed by atoms with van der Waals surface area (Å²) in [6.45, 7) is 0. The standard InChI is InChI=1S/C20H18O4/c21-16-7-3-4-8-17(16)24-19(22)11-14-12-23-18-10-9-13-5-1-2-6-15(13)20(14)18/h1-2,5-6,9-10,12,17H,3-4,7-8,11H2/t17-/m0/s1. The highest BCUT2D eigenvalue weighted by Crippen LogP contribution is 2.30. The number of benzene rings is 2. The molecule has 0 aliphatic heterocycles. The first-order valence-corrected chi connectivity index (χ1v) is 8.32. The average molecular weight is 322 g/mol. The molecule has 4 rings (SSSR count). The number of carbonyl (C=O) groups is 2. The van der Waals surface area contributed by atoms with Crippen LogP contribution in [0, 0.1) is 0 Å². The Bertz CT molecular complexity index is 922. The fraction of sp³-hybridized carbons (Fsp3) is 0.300. The summed E-state index contributed by atoms with van der Waals surface area (Å²) < 4.78 is 11.0. The molecule has 1 aliphatic carbocycles. The van der Waals surface area contributed by atoms with Gasteiger partial charge >= 0.3 is 5.97 Å². The van der Waals surface area contributed by atoms with Crippen molar-refractivity contribution in [3.8, 4) is 0 Å². The Morgan fingerprint density at radius 3 is 2.92 bits per heavy atom. The number of furan rings is 1. The van der Waals surface area contributed by atoms with Gasteiger partial charge in [-0.3, -0.25) is 9.59 Å². The predicted molar refractivity (Wildman–Crippen MR) is 90.8 cm³/mol. The van der Waals surface area contributed by atoms with E-state index in [1.54, 1.807) is 6.26 Å². The van der Waals surface area contributed by atoms with Crippen LogP contribution in [0.3, 0.4) is 0 Å². The summed E-state index contributed by atoms with van der Waals surface area (Å²) in [6.07, 6.45) is 4.14. The van der Waals surface area contributed by atoms with Crippen molar-refractivity contribution in [3.63, 3.8) is 0 Å². The zero-order valence-electron chi connectivity index (χ0n) is 13.3. The van der Waals surface area contributed by atoms with Gasteiger partial charge in [0.25, 0.3) is 0 Å². The Morgan fingerprint density at radius 1 is 1.17 bits per heavy atom. The molecular formula is C20H18O4. The molecule has 0 bridgehead atoms. The van der Waals surface area contributed by atoms with Crippen LogP contribution in [0.2, 0.25) is 0 Å². The van der Waals surface area contributed by atoms with Gasteiger partial charge in [-0.15, -0.1) is 0 Å². The van der Waals surface area contributed by atoms with Crippen molar-refractivity contribution in [1.29, 1.82) is 0 Å². The van der Waals surface area contributed by atoms with Crippen molar-refractivity contribution in [3.05, 3.63) is 48.2 Å². The van der Waals surface area contributed by atoms with Crippen LogP contribution in [0.15, 0.2) is 47.1 Å². The molecule has 122 valence electrons. The molecule has 24 heavy (non-hydrogen) atoms. The Kier molecular flexibility index (Phi) is 3.81. The molecule has 0 spiro atoms. The smallest absolute Gasteiger partial charge is 0.311 e. The fourth-order valence-electron chi connectivity index (χ4n) is 3.44. The molecule has 4 heteroatoms. The minimum Gasteiger partial charge on any atom is -0.464 e. The molecule has 0 saturated heterocycles. The Morgan fingerprint density at radius 2 is 2.04 bits per heavy atom. The van der Waals surface area contributed by atoms with Gasteiger partial charge in [-0.25, -0.2) is 0 Å². The van der Waals surface area contributed by atoms with Gasteiger partial charge in [0.1, 0.15) is 5.58 Å². The van der Waals surface area contributed by atoms with Crippen LogP contribution in [-0.4, -0.2) is 17.9 Å². The topological polar surface area (TPSA) is 56.5 Å². The molecular weight excluding hydrogens is 304 g/mol. The summed E-state index contributed by atoms with van der Waals surface area (Å²) in [4.78, 5) is 24.1. The monoisotopic (exact) mass is 322 g/mol. The number of hydrogen-bond donors (Lipinski definition) is 0. The number of carbonyl (C=O) groups excluding carboxylic acids is 2. The van der Waals surface area contributed by atoms with E-state index in [9.17, 15) is 9.59 Å². The second-order valence-electron chi connectivity index (χ2n) is 6.29. The van der Waals surface area contributed by atoms with Crippen molar-refractivity contribution < 1.29 is 18.7 Å². The molecule has 1 atom stereocenters. The van der Waals surface area contributed by atoms with Gasteiger partial charge in [0.05, 0.1) is 12.7 Å². The Labute approximate surface area is 139 Å². The van der Waals surface area contributed by atoms with Crippen LogP contribution in [0.1, 0.15) is 31.2 Å². The summed E-state index contributed by atoms with van der Waals surface area (Å²) in [7, 11) is 0. The molecule has 0 unspecified atom stereocenters. The van der Waals surface area contributed by atoms with Crippen molar-refractivity contribution in [2.24, 2.45) is 0 Å². The van der Waals surface area contributed by atoms with E-state index in [1.807, 2.05) is 36.4 Å². The van der Waals surface area contributed by atoms with E-state index >= 15 is 0 Å². The van der Waals surface area contributed by atoms with E-state index in [1.165, 1.54) is 0 Å². The lowest BCUT2D eigenvalue weighted by atomic mass is 9.96. The van der Waals surface area contributed by atoms with E-state index in [0.29, 0.717) is 12.8 Å². The van der Waals surface area contributed by atoms with Gasteiger partial charge in [-0.05, 0) is 36.1 Å². The van der Waals surface area contributed by atoms with E-state index in [0.717, 1.165) is 40.1 Å². The maximum absolute atomic E-state index is 12.3. The zero-order chi connectivity index (χ0) is 16.5. The first-order chi connectivity index (χ1) is 11.7. The summed E-state index contributed by atoms with van der Waals surface area (Å²) in [6, 6.07) is 11.9. The summed E-state index contributed by atoms with van der Waals surface area (Å²) in [5, 5.41) is 3.10. The van der Waals surface area contributed by atoms with Crippen molar-refractivity contribution in [2.45, 2.75) is 38.2 Å². The second-order valence-corrected chi connectivity index (χ2v) is 6.29. The van der Waals surface area contributed by atoms with Crippen molar-refractivity contribution >= 4 is 33.5 Å². The Hall–Kier alpha value is -2.62. The molecule has 4 nitrogen and oxygen atoms in total. The quantitative estimate of drug-likeness (QED) is 0.679. The average Bonchev–Trinajstić information content (AvgIpc) is 3.00. The number of ether oxygens (including phenoxy) is 1.